The van der Waals surface area contributed by atoms with Crippen LogP contribution < -0.4 is 5.32 Å². The molecule has 2 atom stereocenters. The van der Waals surface area contributed by atoms with Crippen molar-refractivity contribution in [2.24, 2.45) is 11.8 Å². The Bertz CT molecular complexity index is 395. The molecule has 120 valence electrons. The topological polar surface area (TPSA) is 69.6 Å². The molecule has 0 radical (unpaired) electrons. The lowest BCUT2D eigenvalue weighted by Crippen LogP contribution is -2.57. The summed E-state index contributed by atoms with van der Waals surface area (Å²) in [7, 11) is 0. The molecule has 5 nitrogen and oxygen atoms in total. The minimum Gasteiger partial charge on any atom is -0.480 e. The highest BCUT2D eigenvalue weighted by Crippen LogP contribution is 2.39. The number of urea groups is 1. The van der Waals surface area contributed by atoms with Crippen LogP contribution in [0.1, 0.15) is 58.8 Å². The van der Waals surface area contributed by atoms with E-state index in [9.17, 15) is 14.7 Å². The Labute approximate surface area is 127 Å². The van der Waals surface area contributed by atoms with Gasteiger partial charge >= 0.3 is 12.0 Å². The molecule has 0 bridgehead atoms. The second kappa shape index (κ2) is 6.67. The molecule has 1 heterocycles. The van der Waals surface area contributed by atoms with E-state index in [0.29, 0.717) is 5.92 Å². The first kappa shape index (κ1) is 16.1. The number of carboxylic acid groups (broad SMARTS) is 1. The van der Waals surface area contributed by atoms with E-state index in [4.69, 9.17) is 0 Å². The fourth-order valence-electron chi connectivity index (χ4n) is 3.36. The van der Waals surface area contributed by atoms with E-state index in [0.717, 1.165) is 38.8 Å². The predicted octanol–water partition coefficient (Wildman–Crippen LogP) is 2.85. The molecule has 0 spiro atoms. The molecule has 1 aliphatic carbocycles. The Morgan fingerprint density at radius 2 is 1.95 bits per heavy atom. The highest BCUT2D eigenvalue weighted by Gasteiger charge is 2.49. The largest absolute Gasteiger partial charge is 0.480 e. The quantitative estimate of drug-likeness (QED) is 0.819. The zero-order valence-electron chi connectivity index (χ0n) is 13.2. The van der Waals surface area contributed by atoms with Crippen molar-refractivity contribution < 1.29 is 14.7 Å². The van der Waals surface area contributed by atoms with Gasteiger partial charge in [0.15, 0.2) is 0 Å². The van der Waals surface area contributed by atoms with Crippen LogP contribution in [0.4, 0.5) is 4.79 Å². The van der Waals surface area contributed by atoms with Gasteiger partial charge in [-0.3, -0.25) is 0 Å². The molecule has 0 aromatic heterocycles. The molecular formula is C16H28N2O3. The Balaban J connectivity index is 1.92. The van der Waals surface area contributed by atoms with E-state index < -0.39 is 11.5 Å². The zero-order valence-corrected chi connectivity index (χ0v) is 13.2. The Hall–Kier alpha value is -1.26. The summed E-state index contributed by atoms with van der Waals surface area (Å²) in [4.78, 5) is 25.7. The van der Waals surface area contributed by atoms with Crippen molar-refractivity contribution in [2.75, 3.05) is 13.1 Å². The number of rotatable bonds is 5. The first-order chi connectivity index (χ1) is 9.97. The summed E-state index contributed by atoms with van der Waals surface area (Å²) in [5.74, 6) is -0.127. The second-order valence-corrected chi connectivity index (χ2v) is 6.78. The Morgan fingerprint density at radius 1 is 1.24 bits per heavy atom. The molecule has 1 saturated carbocycles. The molecule has 2 N–H and O–H groups in total. The number of carbonyl (C=O) groups excluding carboxylic acids is 1. The van der Waals surface area contributed by atoms with Gasteiger partial charge in [0.25, 0.3) is 0 Å². The molecule has 0 aromatic rings. The maximum atomic E-state index is 12.4. The average Bonchev–Trinajstić information content (AvgIpc) is 3.26. The molecule has 2 fully saturated rings. The number of carbonyl (C=O) groups is 2. The van der Waals surface area contributed by atoms with Gasteiger partial charge in [-0.15, -0.1) is 0 Å². The van der Waals surface area contributed by atoms with Gasteiger partial charge in [-0.25, -0.2) is 9.59 Å². The van der Waals surface area contributed by atoms with Crippen molar-refractivity contribution in [2.45, 2.75) is 64.3 Å². The van der Waals surface area contributed by atoms with Gasteiger partial charge in [0.05, 0.1) is 0 Å². The minimum atomic E-state index is -1.10. The number of amides is 2. The predicted molar refractivity (Wildman–Crippen MR) is 81.1 cm³/mol. The summed E-state index contributed by atoms with van der Waals surface area (Å²) in [6.45, 7) is 5.33. The van der Waals surface area contributed by atoms with E-state index in [-0.39, 0.29) is 11.9 Å². The summed E-state index contributed by atoms with van der Waals surface area (Å²) in [6, 6.07) is -0.205. The van der Waals surface area contributed by atoms with Crippen LogP contribution in [0.3, 0.4) is 0 Å². The van der Waals surface area contributed by atoms with Gasteiger partial charge in [0.2, 0.25) is 0 Å². The summed E-state index contributed by atoms with van der Waals surface area (Å²) < 4.78 is 0. The summed E-state index contributed by atoms with van der Waals surface area (Å²) in [5.41, 5.74) is -1.10. The van der Waals surface area contributed by atoms with Crippen molar-refractivity contribution in [3.05, 3.63) is 0 Å². The third kappa shape index (κ3) is 3.89. The molecule has 2 amide bonds. The monoisotopic (exact) mass is 296 g/mol. The van der Waals surface area contributed by atoms with Crippen LogP contribution in [0, 0.1) is 11.8 Å². The van der Waals surface area contributed by atoms with E-state index >= 15 is 0 Å². The second-order valence-electron chi connectivity index (χ2n) is 6.78. The molecule has 5 heteroatoms. The summed E-state index contributed by atoms with van der Waals surface area (Å²) >= 11 is 0. The smallest absolute Gasteiger partial charge is 0.329 e. The van der Waals surface area contributed by atoms with Crippen LogP contribution in [0.25, 0.3) is 0 Å². The number of likely N-dealkylation sites (tertiary alicyclic amines) is 1. The Kier molecular flexibility index (Phi) is 5.12. The van der Waals surface area contributed by atoms with Crippen LogP contribution in [0.15, 0.2) is 0 Å². The van der Waals surface area contributed by atoms with Crippen LogP contribution in [0.2, 0.25) is 0 Å². The third-order valence-corrected chi connectivity index (χ3v) is 5.04. The van der Waals surface area contributed by atoms with E-state index in [2.05, 4.69) is 12.2 Å². The van der Waals surface area contributed by atoms with Crippen molar-refractivity contribution in [1.29, 1.82) is 0 Å². The van der Waals surface area contributed by atoms with Crippen molar-refractivity contribution in [3.63, 3.8) is 0 Å². The SMILES string of the molecule is CCCC1CCCN(C(=O)NC(C)(C(=O)O)C2CC2)CC1. The summed E-state index contributed by atoms with van der Waals surface area (Å²) in [6.07, 6.45) is 7.43. The van der Waals surface area contributed by atoms with Gasteiger partial charge in [-0.2, -0.15) is 0 Å². The van der Waals surface area contributed by atoms with Gasteiger partial charge in [-0.05, 0) is 50.9 Å². The van der Waals surface area contributed by atoms with Crippen LogP contribution in [-0.2, 0) is 4.79 Å². The van der Waals surface area contributed by atoms with Gasteiger partial charge in [0.1, 0.15) is 5.54 Å². The lowest BCUT2D eigenvalue weighted by Gasteiger charge is -2.30. The highest BCUT2D eigenvalue weighted by molar-refractivity contribution is 5.86. The Morgan fingerprint density at radius 3 is 2.52 bits per heavy atom. The maximum absolute atomic E-state index is 12.4. The van der Waals surface area contributed by atoms with Crippen molar-refractivity contribution >= 4 is 12.0 Å². The zero-order chi connectivity index (χ0) is 15.5. The van der Waals surface area contributed by atoms with Crippen molar-refractivity contribution in [3.8, 4) is 0 Å². The number of aliphatic carboxylic acids is 1. The molecule has 1 saturated heterocycles. The molecule has 2 unspecified atom stereocenters. The molecule has 2 aliphatic rings. The number of nitrogens with one attached hydrogen (secondary N) is 1. The molecule has 1 aliphatic heterocycles. The highest BCUT2D eigenvalue weighted by atomic mass is 16.4. The molecule has 21 heavy (non-hydrogen) atoms. The molecule has 2 rings (SSSR count). The normalized spacial score (nSPS) is 25.8. The number of carboxylic acids is 1. The number of nitrogens with zero attached hydrogens (tertiary/aromatic N) is 1. The fourth-order valence-corrected chi connectivity index (χ4v) is 3.36. The first-order valence-corrected chi connectivity index (χ1v) is 8.27. The number of hydrogen-bond acceptors (Lipinski definition) is 2. The van der Waals surface area contributed by atoms with E-state index in [1.165, 1.54) is 19.3 Å². The van der Waals surface area contributed by atoms with Crippen LogP contribution in [-0.4, -0.2) is 40.6 Å². The van der Waals surface area contributed by atoms with Crippen LogP contribution >= 0.6 is 0 Å². The number of hydrogen-bond donors (Lipinski definition) is 2. The van der Waals surface area contributed by atoms with Gasteiger partial charge in [-0.1, -0.05) is 19.8 Å². The fraction of sp³-hybridized carbons (Fsp3) is 0.875. The van der Waals surface area contributed by atoms with Gasteiger partial charge < -0.3 is 15.3 Å². The third-order valence-electron chi connectivity index (χ3n) is 5.04. The lowest BCUT2D eigenvalue weighted by molar-refractivity contribution is -0.144. The molecular weight excluding hydrogens is 268 g/mol. The van der Waals surface area contributed by atoms with E-state index in [1.807, 2.05) is 0 Å². The molecule has 0 aromatic carbocycles. The first-order valence-electron chi connectivity index (χ1n) is 8.27. The maximum Gasteiger partial charge on any atom is 0.329 e. The van der Waals surface area contributed by atoms with Crippen LogP contribution in [0.5, 0.6) is 0 Å². The minimum absolute atomic E-state index is 0.0822. The average molecular weight is 296 g/mol. The summed E-state index contributed by atoms with van der Waals surface area (Å²) in [5, 5.41) is 12.2. The van der Waals surface area contributed by atoms with E-state index in [1.54, 1.807) is 11.8 Å². The lowest BCUT2D eigenvalue weighted by atomic mass is 9.96. The standard InChI is InChI=1S/C16H28N2O3/c1-3-5-12-6-4-10-18(11-9-12)15(21)17-16(2,14(19)20)13-7-8-13/h12-13H,3-11H2,1-2H3,(H,17,21)(H,19,20). The van der Waals surface area contributed by atoms with Crippen molar-refractivity contribution in [1.82, 2.24) is 10.2 Å². The van der Waals surface area contributed by atoms with Gasteiger partial charge in [0, 0.05) is 13.1 Å².